The molecule has 0 saturated heterocycles. The first-order valence-electron chi connectivity index (χ1n) is 9.45. The lowest BCUT2D eigenvalue weighted by molar-refractivity contribution is -0.137. The third kappa shape index (κ3) is 5.26. The Hall–Kier alpha value is -4.41. The number of carbonyl (C=O) groups excluding carboxylic acids is 1. The Morgan fingerprint density at radius 3 is 2.52 bits per heavy atom. The molecule has 0 aliphatic carbocycles. The highest BCUT2D eigenvalue weighted by atomic mass is 19.4. The first kappa shape index (κ1) is 21.8. The molecule has 2 N–H and O–H groups in total. The number of ether oxygens (including phenoxy) is 2. The molecule has 11 heteroatoms. The van der Waals surface area contributed by atoms with Crippen LogP contribution in [0.15, 0.2) is 76.0 Å². The molecule has 4 rings (SSSR count). The second-order valence-corrected chi connectivity index (χ2v) is 6.76. The van der Waals surface area contributed by atoms with Crippen molar-refractivity contribution in [3.05, 3.63) is 77.4 Å². The van der Waals surface area contributed by atoms with Crippen molar-refractivity contribution >= 4 is 23.5 Å². The lowest BCUT2D eigenvalue weighted by atomic mass is 10.2. The van der Waals surface area contributed by atoms with Crippen LogP contribution >= 0.6 is 0 Å². The molecule has 0 spiro atoms. The molecule has 168 valence electrons. The number of hydrazone groups is 1. The van der Waals surface area contributed by atoms with E-state index in [1.54, 1.807) is 12.1 Å². The summed E-state index contributed by atoms with van der Waals surface area (Å²) in [5, 5.41) is 21.5. The van der Waals surface area contributed by atoms with Gasteiger partial charge in [0, 0.05) is 11.1 Å². The molecule has 8 nitrogen and oxygen atoms in total. The quantitative estimate of drug-likeness (QED) is 0.308. The number of nitrogens with one attached hydrogen (secondary N) is 1. The first-order chi connectivity index (χ1) is 15.8. The number of benzene rings is 3. The molecule has 33 heavy (non-hydrogen) atoms. The summed E-state index contributed by atoms with van der Waals surface area (Å²) in [6, 6.07) is 13.2. The second-order valence-electron chi connectivity index (χ2n) is 6.76. The SMILES string of the molecule is O=C(N/N=C/c1cc(N=Nc2cccc(C(F)(F)F)c2)ccc1O)c1ccc2c(c1)OCO2. The average molecular weight is 456 g/mol. The van der Waals surface area contributed by atoms with E-state index < -0.39 is 17.6 Å². The molecule has 3 aromatic rings. The fourth-order valence-electron chi connectivity index (χ4n) is 2.83. The van der Waals surface area contributed by atoms with Gasteiger partial charge < -0.3 is 14.6 Å². The molecule has 0 fully saturated rings. The van der Waals surface area contributed by atoms with Crippen molar-refractivity contribution in [3.8, 4) is 17.2 Å². The number of halogens is 3. The van der Waals surface area contributed by atoms with Crippen molar-refractivity contribution in [2.45, 2.75) is 6.18 Å². The molecule has 1 aliphatic heterocycles. The number of hydrogen-bond acceptors (Lipinski definition) is 7. The van der Waals surface area contributed by atoms with Crippen LogP contribution in [0.1, 0.15) is 21.5 Å². The maximum atomic E-state index is 12.8. The Bertz CT molecular complexity index is 1260. The number of aromatic hydroxyl groups is 1. The van der Waals surface area contributed by atoms with E-state index in [2.05, 4.69) is 20.8 Å². The van der Waals surface area contributed by atoms with Gasteiger partial charge in [0.15, 0.2) is 11.5 Å². The maximum Gasteiger partial charge on any atom is 0.416 e. The number of phenols is 1. The van der Waals surface area contributed by atoms with Gasteiger partial charge in [-0.05, 0) is 54.6 Å². The molecule has 3 aromatic carbocycles. The summed E-state index contributed by atoms with van der Waals surface area (Å²) >= 11 is 0. The van der Waals surface area contributed by atoms with Crippen molar-refractivity contribution in [3.63, 3.8) is 0 Å². The largest absolute Gasteiger partial charge is 0.507 e. The lowest BCUT2D eigenvalue weighted by Gasteiger charge is -2.06. The Morgan fingerprint density at radius 2 is 1.73 bits per heavy atom. The monoisotopic (exact) mass is 456 g/mol. The zero-order valence-electron chi connectivity index (χ0n) is 16.7. The van der Waals surface area contributed by atoms with Gasteiger partial charge in [0.2, 0.25) is 6.79 Å². The number of rotatable bonds is 5. The average Bonchev–Trinajstić information content (AvgIpc) is 3.27. The standard InChI is InChI=1S/C22H15F3N4O4/c23-22(24,25)15-2-1-3-16(10-15)27-28-17-5-6-18(30)14(8-17)11-26-29-21(31)13-4-7-19-20(9-13)33-12-32-19/h1-11,30H,12H2,(H,29,31)/b26-11+,28-27?. The van der Waals surface area contributed by atoms with Gasteiger partial charge in [0.05, 0.1) is 23.2 Å². The summed E-state index contributed by atoms with van der Waals surface area (Å²) in [5.74, 6) is 0.331. The van der Waals surface area contributed by atoms with E-state index >= 15 is 0 Å². The Kier molecular flexibility index (Phi) is 5.94. The molecular weight excluding hydrogens is 441 g/mol. The van der Waals surface area contributed by atoms with E-state index in [9.17, 15) is 23.1 Å². The Balaban J connectivity index is 1.44. The molecule has 0 bridgehead atoms. The lowest BCUT2D eigenvalue weighted by Crippen LogP contribution is -2.17. The summed E-state index contributed by atoms with van der Waals surface area (Å²) in [6.45, 7) is 0.0826. The minimum atomic E-state index is -4.49. The van der Waals surface area contributed by atoms with E-state index in [0.717, 1.165) is 12.1 Å². The van der Waals surface area contributed by atoms with E-state index in [1.807, 2.05) is 0 Å². The molecule has 0 aromatic heterocycles. The van der Waals surface area contributed by atoms with Crippen molar-refractivity contribution < 1.29 is 32.5 Å². The number of fused-ring (bicyclic) bond motifs is 1. The highest BCUT2D eigenvalue weighted by Gasteiger charge is 2.30. The zero-order valence-corrected chi connectivity index (χ0v) is 16.7. The summed E-state index contributed by atoms with van der Waals surface area (Å²) in [7, 11) is 0. The number of phenolic OH excluding ortho intramolecular Hbond substituents is 1. The van der Waals surface area contributed by atoms with Crippen LogP contribution in [0.5, 0.6) is 17.2 Å². The third-order valence-electron chi connectivity index (χ3n) is 4.47. The maximum absolute atomic E-state index is 12.8. The van der Waals surface area contributed by atoms with Crippen LogP contribution < -0.4 is 14.9 Å². The van der Waals surface area contributed by atoms with Crippen LogP contribution in [-0.4, -0.2) is 24.0 Å². The van der Waals surface area contributed by atoms with Gasteiger partial charge in [-0.15, -0.1) is 0 Å². The molecular formula is C22H15F3N4O4. The van der Waals surface area contributed by atoms with Gasteiger partial charge in [-0.1, -0.05) is 6.07 Å². The molecule has 1 aliphatic rings. The topological polar surface area (TPSA) is 105 Å². The fourth-order valence-corrected chi connectivity index (χ4v) is 2.83. The van der Waals surface area contributed by atoms with Crippen molar-refractivity contribution in [1.29, 1.82) is 0 Å². The first-order valence-corrected chi connectivity index (χ1v) is 9.45. The highest BCUT2D eigenvalue weighted by molar-refractivity contribution is 5.95. The predicted octanol–water partition coefficient (Wildman–Crippen LogP) is 5.32. The molecule has 0 unspecified atom stereocenters. The third-order valence-corrected chi connectivity index (χ3v) is 4.47. The van der Waals surface area contributed by atoms with Gasteiger partial charge in [-0.3, -0.25) is 4.79 Å². The van der Waals surface area contributed by atoms with E-state index in [-0.39, 0.29) is 29.5 Å². The summed E-state index contributed by atoms with van der Waals surface area (Å²) < 4.78 is 48.9. The minimum Gasteiger partial charge on any atom is -0.507 e. The zero-order chi connectivity index (χ0) is 23.4. The summed E-state index contributed by atoms with van der Waals surface area (Å²) in [6.07, 6.45) is -3.29. The van der Waals surface area contributed by atoms with Crippen molar-refractivity contribution in [2.24, 2.45) is 15.3 Å². The van der Waals surface area contributed by atoms with Gasteiger partial charge >= 0.3 is 6.18 Å². The van der Waals surface area contributed by atoms with Gasteiger partial charge in [-0.25, -0.2) is 5.43 Å². The number of amides is 1. The van der Waals surface area contributed by atoms with Crippen molar-refractivity contribution in [1.82, 2.24) is 5.43 Å². The van der Waals surface area contributed by atoms with Crippen LogP contribution in [0, 0.1) is 0 Å². The van der Waals surface area contributed by atoms with Crippen molar-refractivity contribution in [2.75, 3.05) is 6.79 Å². The van der Waals surface area contributed by atoms with Crippen LogP contribution in [0.2, 0.25) is 0 Å². The number of hydrogen-bond donors (Lipinski definition) is 2. The summed E-state index contributed by atoms with van der Waals surface area (Å²) in [4.78, 5) is 12.2. The van der Waals surface area contributed by atoms with Gasteiger partial charge in [0.25, 0.3) is 5.91 Å². The molecule has 1 heterocycles. The number of carbonyl (C=O) groups is 1. The normalized spacial score (nSPS) is 13.1. The number of alkyl halides is 3. The fraction of sp³-hybridized carbons (Fsp3) is 0.0909. The van der Waals surface area contributed by atoms with Crippen LogP contribution in [0.3, 0.4) is 0 Å². The minimum absolute atomic E-state index is 0.0177. The Labute approximate surface area is 185 Å². The van der Waals surface area contributed by atoms with Crippen LogP contribution in [0.4, 0.5) is 24.5 Å². The molecule has 1 amide bonds. The number of nitrogens with zero attached hydrogens (tertiary/aromatic N) is 3. The summed E-state index contributed by atoms with van der Waals surface area (Å²) in [5.41, 5.74) is 2.27. The van der Waals surface area contributed by atoms with E-state index in [1.165, 1.54) is 42.6 Å². The van der Waals surface area contributed by atoms with Gasteiger partial charge in [0.1, 0.15) is 5.75 Å². The van der Waals surface area contributed by atoms with E-state index in [4.69, 9.17) is 9.47 Å². The number of azo groups is 1. The van der Waals surface area contributed by atoms with E-state index in [0.29, 0.717) is 17.1 Å². The molecule has 0 atom stereocenters. The van der Waals surface area contributed by atoms with Crippen LogP contribution in [0.25, 0.3) is 0 Å². The highest BCUT2D eigenvalue weighted by Crippen LogP contribution is 2.33. The molecule has 0 saturated carbocycles. The Morgan fingerprint density at radius 1 is 0.970 bits per heavy atom. The van der Waals surface area contributed by atoms with Gasteiger partial charge in [-0.2, -0.15) is 28.5 Å². The second kappa shape index (κ2) is 8.99. The molecule has 0 radical (unpaired) electrons. The smallest absolute Gasteiger partial charge is 0.416 e. The predicted molar refractivity (Wildman–Crippen MR) is 111 cm³/mol. The van der Waals surface area contributed by atoms with Crippen LogP contribution in [-0.2, 0) is 6.18 Å².